The summed E-state index contributed by atoms with van der Waals surface area (Å²) in [6.07, 6.45) is 0. The Morgan fingerprint density at radius 1 is 0.955 bits per heavy atom. The SMILES string of the molecule is CC.CNc1ccc2c(c1)c1nc3ccccc3nc1n2C. The molecule has 0 saturated carbocycles. The maximum absolute atomic E-state index is 4.79. The Labute approximate surface area is 129 Å². The molecule has 0 aliphatic carbocycles. The first-order valence-corrected chi connectivity index (χ1v) is 7.60. The van der Waals surface area contributed by atoms with Crippen LogP contribution in [-0.2, 0) is 7.05 Å². The number of hydrogen-bond donors (Lipinski definition) is 1. The third-order valence-electron chi connectivity index (χ3n) is 3.77. The molecule has 112 valence electrons. The van der Waals surface area contributed by atoms with Gasteiger partial charge in [0.25, 0.3) is 0 Å². The lowest BCUT2D eigenvalue weighted by Crippen LogP contribution is -1.91. The van der Waals surface area contributed by atoms with Gasteiger partial charge in [0.15, 0.2) is 5.65 Å². The van der Waals surface area contributed by atoms with Gasteiger partial charge in [-0.15, -0.1) is 0 Å². The summed E-state index contributed by atoms with van der Waals surface area (Å²) in [5.41, 5.74) is 5.97. The van der Waals surface area contributed by atoms with E-state index in [1.165, 1.54) is 0 Å². The number of aromatic nitrogens is 3. The second kappa shape index (κ2) is 5.64. The molecule has 0 bridgehead atoms. The fourth-order valence-electron chi connectivity index (χ4n) is 2.69. The van der Waals surface area contributed by atoms with Gasteiger partial charge >= 0.3 is 0 Å². The highest BCUT2D eigenvalue weighted by Crippen LogP contribution is 2.29. The summed E-state index contributed by atoms with van der Waals surface area (Å²) >= 11 is 0. The molecular weight excluding hydrogens is 272 g/mol. The molecule has 0 aliphatic rings. The van der Waals surface area contributed by atoms with Crippen molar-refractivity contribution in [3.8, 4) is 0 Å². The number of aryl methyl sites for hydroxylation is 1. The van der Waals surface area contributed by atoms with Gasteiger partial charge in [-0.2, -0.15) is 0 Å². The molecule has 2 heterocycles. The monoisotopic (exact) mass is 292 g/mol. The lowest BCUT2D eigenvalue weighted by Gasteiger charge is -2.00. The molecule has 0 aliphatic heterocycles. The number of para-hydroxylation sites is 2. The van der Waals surface area contributed by atoms with Crippen LogP contribution in [0.15, 0.2) is 42.5 Å². The van der Waals surface area contributed by atoms with E-state index in [9.17, 15) is 0 Å². The summed E-state index contributed by atoms with van der Waals surface area (Å²) in [7, 11) is 3.96. The van der Waals surface area contributed by atoms with Gasteiger partial charge in [-0.25, -0.2) is 9.97 Å². The van der Waals surface area contributed by atoms with Crippen molar-refractivity contribution >= 4 is 38.8 Å². The van der Waals surface area contributed by atoms with E-state index in [2.05, 4.69) is 28.1 Å². The topological polar surface area (TPSA) is 42.7 Å². The van der Waals surface area contributed by atoms with E-state index >= 15 is 0 Å². The first-order valence-electron chi connectivity index (χ1n) is 7.60. The van der Waals surface area contributed by atoms with Gasteiger partial charge < -0.3 is 9.88 Å². The van der Waals surface area contributed by atoms with Gasteiger partial charge in [0.2, 0.25) is 0 Å². The van der Waals surface area contributed by atoms with Crippen molar-refractivity contribution < 1.29 is 0 Å². The summed E-state index contributed by atoms with van der Waals surface area (Å²) in [4.78, 5) is 9.54. The van der Waals surface area contributed by atoms with Crippen LogP contribution < -0.4 is 5.32 Å². The Morgan fingerprint density at radius 3 is 2.32 bits per heavy atom. The molecule has 0 fully saturated rings. The average Bonchev–Trinajstić information content (AvgIpc) is 2.86. The summed E-state index contributed by atoms with van der Waals surface area (Å²) in [5, 5.41) is 4.30. The van der Waals surface area contributed by atoms with E-state index in [1.54, 1.807) is 0 Å². The van der Waals surface area contributed by atoms with Crippen LogP contribution in [0.2, 0.25) is 0 Å². The van der Waals surface area contributed by atoms with Crippen molar-refractivity contribution in [3.05, 3.63) is 42.5 Å². The molecule has 0 atom stereocenters. The van der Waals surface area contributed by atoms with Crippen molar-refractivity contribution in [2.75, 3.05) is 12.4 Å². The smallest absolute Gasteiger partial charge is 0.160 e. The van der Waals surface area contributed by atoms with Crippen LogP contribution in [0.4, 0.5) is 5.69 Å². The molecule has 2 aromatic carbocycles. The number of anilines is 1. The zero-order valence-corrected chi connectivity index (χ0v) is 13.4. The minimum atomic E-state index is 0.923. The number of rotatable bonds is 1. The molecule has 4 rings (SSSR count). The van der Waals surface area contributed by atoms with Crippen LogP contribution >= 0.6 is 0 Å². The highest BCUT2D eigenvalue weighted by atomic mass is 15.0. The Balaban J connectivity index is 0.000000693. The fraction of sp³-hybridized carbons (Fsp3) is 0.222. The molecule has 0 unspecified atom stereocenters. The third-order valence-corrected chi connectivity index (χ3v) is 3.77. The van der Waals surface area contributed by atoms with E-state index in [1.807, 2.05) is 52.2 Å². The molecular formula is C18H20N4. The highest BCUT2D eigenvalue weighted by Gasteiger charge is 2.12. The number of fused-ring (bicyclic) bond motifs is 4. The molecule has 0 amide bonds. The summed E-state index contributed by atoms with van der Waals surface area (Å²) < 4.78 is 2.10. The molecule has 22 heavy (non-hydrogen) atoms. The first kappa shape index (κ1) is 14.3. The van der Waals surface area contributed by atoms with E-state index in [4.69, 9.17) is 9.97 Å². The van der Waals surface area contributed by atoms with Gasteiger partial charge in [0, 0.05) is 25.2 Å². The third kappa shape index (κ3) is 2.08. The molecule has 0 saturated heterocycles. The van der Waals surface area contributed by atoms with Crippen LogP contribution in [0.3, 0.4) is 0 Å². The molecule has 1 N–H and O–H groups in total. The predicted molar refractivity (Wildman–Crippen MR) is 94.4 cm³/mol. The summed E-state index contributed by atoms with van der Waals surface area (Å²) in [5.74, 6) is 0. The van der Waals surface area contributed by atoms with E-state index in [0.717, 1.165) is 38.8 Å². The molecule has 4 heteroatoms. The zero-order chi connectivity index (χ0) is 15.7. The molecule has 2 aromatic heterocycles. The van der Waals surface area contributed by atoms with Crippen LogP contribution in [0.25, 0.3) is 33.1 Å². The van der Waals surface area contributed by atoms with Crippen LogP contribution in [0, 0.1) is 0 Å². The second-order valence-electron chi connectivity index (χ2n) is 4.93. The standard InChI is InChI=1S/C16H14N4.C2H6/c1-17-10-7-8-14-11(9-10)15-16(20(14)2)19-13-6-4-3-5-12(13)18-15;1-2/h3-9,17H,1-2H3;1-2H3. The van der Waals surface area contributed by atoms with E-state index < -0.39 is 0 Å². The second-order valence-corrected chi connectivity index (χ2v) is 4.93. The minimum Gasteiger partial charge on any atom is -0.388 e. The molecule has 4 nitrogen and oxygen atoms in total. The van der Waals surface area contributed by atoms with Crippen molar-refractivity contribution in [1.82, 2.24) is 14.5 Å². The minimum absolute atomic E-state index is 0.923. The average molecular weight is 292 g/mol. The maximum atomic E-state index is 4.79. The number of hydrogen-bond acceptors (Lipinski definition) is 3. The summed E-state index contributed by atoms with van der Waals surface area (Å²) in [6.45, 7) is 4.00. The Hall–Kier alpha value is -2.62. The quantitative estimate of drug-likeness (QED) is 0.567. The van der Waals surface area contributed by atoms with Gasteiger partial charge in [0.05, 0.1) is 16.6 Å². The molecule has 4 aromatic rings. The fourth-order valence-corrected chi connectivity index (χ4v) is 2.69. The molecule has 0 spiro atoms. The van der Waals surface area contributed by atoms with E-state index in [-0.39, 0.29) is 0 Å². The van der Waals surface area contributed by atoms with Crippen LogP contribution in [0.1, 0.15) is 13.8 Å². The molecule has 0 radical (unpaired) electrons. The maximum Gasteiger partial charge on any atom is 0.160 e. The predicted octanol–water partition coefficient (Wildman–Crippen LogP) is 4.34. The Kier molecular flexibility index (Phi) is 3.67. The van der Waals surface area contributed by atoms with Crippen LogP contribution in [0.5, 0.6) is 0 Å². The number of nitrogens with zero attached hydrogens (tertiary/aromatic N) is 3. The Bertz CT molecular complexity index is 953. The van der Waals surface area contributed by atoms with Crippen molar-refractivity contribution in [2.45, 2.75) is 13.8 Å². The zero-order valence-electron chi connectivity index (χ0n) is 13.4. The van der Waals surface area contributed by atoms with Gasteiger partial charge in [-0.05, 0) is 30.3 Å². The lowest BCUT2D eigenvalue weighted by atomic mass is 10.2. The largest absolute Gasteiger partial charge is 0.388 e. The normalized spacial score (nSPS) is 10.7. The van der Waals surface area contributed by atoms with Crippen molar-refractivity contribution in [1.29, 1.82) is 0 Å². The van der Waals surface area contributed by atoms with Gasteiger partial charge in [-0.3, -0.25) is 0 Å². The number of benzene rings is 2. The van der Waals surface area contributed by atoms with Crippen LogP contribution in [-0.4, -0.2) is 21.6 Å². The lowest BCUT2D eigenvalue weighted by molar-refractivity contribution is 0.992. The van der Waals surface area contributed by atoms with E-state index in [0.29, 0.717) is 0 Å². The van der Waals surface area contributed by atoms with Gasteiger partial charge in [0.1, 0.15) is 5.52 Å². The highest BCUT2D eigenvalue weighted by molar-refractivity contribution is 6.07. The van der Waals surface area contributed by atoms with Crippen molar-refractivity contribution in [3.63, 3.8) is 0 Å². The number of nitrogens with one attached hydrogen (secondary N) is 1. The first-order chi connectivity index (χ1) is 10.8. The Morgan fingerprint density at radius 2 is 1.64 bits per heavy atom. The van der Waals surface area contributed by atoms with Gasteiger partial charge in [-0.1, -0.05) is 26.0 Å². The van der Waals surface area contributed by atoms with Crippen molar-refractivity contribution in [2.24, 2.45) is 7.05 Å². The summed E-state index contributed by atoms with van der Waals surface area (Å²) in [6, 6.07) is 14.3.